The van der Waals surface area contributed by atoms with Gasteiger partial charge in [0.15, 0.2) is 5.82 Å². The molecule has 3 aromatic rings. The normalized spacial score (nSPS) is 12.0. The molecule has 6 heteroatoms. The van der Waals surface area contributed by atoms with E-state index in [2.05, 4.69) is 39.6 Å². The second-order valence-corrected chi connectivity index (χ2v) is 7.89. The van der Waals surface area contributed by atoms with Crippen LogP contribution in [0.3, 0.4) is 0 Å². The Kier molecular flexibility index (Phi) is 5.96. The first-order valence-electron chi connectivity index (χ1n) is 9.02. The summed E-state index contributed by atoms with van der Waals surface area (Å²) in [5.74, 6) is 0.648. The third-order valence-corrected chi connectivity index (χ3v) is 5.36. The van der Waals surface area contributed by atoms with Crippen LogP contribution in [0.15, 0.2) is 47.6 Å². The fourth-order valence-electron chi connectivity index (χ4n) is 2.64. The Morgan fingerprint density at radius 2 is 1.93 bits per heavy atom. The summed E-state index contributed by atoms with van der Waals surface area (Å²) in [5.41, 5.74) is 5.27. The van der Waals surface area contributed by atoms with Crippen LogP contribution in [0.4, 0.5) is 5.69 Å². The molecule has 0 saturated heterocycles. The summed E-state index contributed by atoms with van der Waals surface area (Å²) in [7, 11) is 0. The van der Waals surface area contributed by atoms with Crippen molar-refractivity contribution in [2.75, 3.05) is 5.32 Å². The highest BCUT2D eigenvalue weighted by atomic mass is 32.2. The fourth-order valence-corrected chi connectivity index (χ4v) is 3.37. The second-order valence-electron chi connectivity index (χ2n) is 6.58. The van der Waals surface area contributed by atoms with Gasteiger partial charge in [0.05, 0.1) is 5.25 Å². The summed E-state index contributed by atoms with van der Waals surface area (Å²) in [6.45, 7) is 7.98. The van der Waals surface area contributed by atoms with E-state index in [1.807, 2.05) is 51.1 Å². The Hall–Kier alpha value is -2.60. The lowest BCUT2D eigenvalue weighted by Gasteiger charge is -2.12. The van der Waals surface area contributed by atoms with E-state index in [0.29, 0.717) is 11.0 Å². The largest absolute Gasteiger partial charge is 0.325 e. The minimum atomic E-state index is -0.309. The summed E-state index contributed by atoms with van der Waals surface area (Å²) >= 11 is 1.34. The van der Waals surface area contributed by atoms with Gasteiger partial charge in [-0.2, -0.15) is 0 Å². The van der Waals surface area contributed by atoms with Crippen molar-refractivity contribution in [2.45, 2.75) is 44.5 Å². The molecule has 0 unspecified atom stereocenters. The minimum Gasteiger partial charge on any atom is -0.325 e. The van der Waals surface area contributed by atoms with Crippen LogP contribution in [-0.2, 0) is 11.2 Å². The molecule has 0 aliphatic carbocycles. The Morgan fingerprint density at radius 3 is 2.63 bits per heavy atom. The number of H-pyrrole nitrogens is 1. The predicted octanol–water partition coefficient (Wildman–Crippen LogP) is 4.77. The highest BCUT2D eigenvalue weighted by molar-refractivity contribution is 8.00. The monoisotopic (exact) mass is 380 g/mol. The van der Waals surface area contributed by atoms with Crippen LogP contribution in [-0.4, -0.2) is 26.3 Å². The van der Waals surface area contributed by atoms with Crippen LogP contribution in [0.25, 0.3) is 11.4 Å². The molecule has 0 aliphatic rings. The van der Waals surface area contributed by atoms with Gasteiger partial charge in [0.2, 0.25) is 11.1 Å². The van der Waals surface area contributed by atoms with Crippen LogP contribution in [0, 0.1) is 13.8 Å². The molecular weight excluding hydrogens is 356 g/mol. The maximum atomic E-state index is 12.5. The average molecular weight is 381 g/mol. The van der Waals surface area contributed by atoms with E-state index in [0.717, 1.165) is 28.8 Å². The van der Waals surface area contributed by atoms with Crippen molar-refractivity contribution >= 4 is 23.4 Å². The molecule has 27 heavy (non-hydrogen) atoms. The van der Waals surface area contributed by atoms with Crippen molar-refractivity contribution in [3.05, 3.63) is 59.2 Å². The molecule has 1 heterocycles. The molecule has 0 spiro atoms. The van der Waals surface area contributed by atoms with E-state index in [-0.39, 0.29) is 11.2 Å². The highest BCUT2D eigenvalue weighted by Crippen LogP contribution is 2.25. The van der Waals surface area contributed by atoms with Gasteiger partial charge in [0, 0.05) is 11.3 Å². The molecular formula is C21H24N4OS. The van der Waals surface area contributed by atoms with Crippen molar-refractivity contribution in [2.24, 2.45) is 0 Å². The van der Waals surface area contributed by atoms with E-state index >= 15 is 0 Å². The number of aryl methyl sites for hydroxylation is 3. The van der Waals surface area contributed by atoms with Crippen LogP contribution in [0.5, 0.6) is 0 Å². The molecule has 140 valence electrons. The van der Waals surface area contributed by atoms with Gasteiger partial charge < -0.3 is 5.32 Å². The topological polar surface area (TPSA) is 70.7 Å². The predicted molar refractivity (Wildman–Crippen MR) is 111 cm³/mol. The number of anilines is 1. The second kappa shape index (κ2) is 8.39. The number of benzene rings is 2. The lowest BCUT2D eigenvalue weighted by atomic mass is 10.1. The smallest absolute Gasteiger partial charge is 0.237 e. The molecule has 1 atom stereocenters. The number of rotatable bonds is 6. The zero-order valence-electron chi connectivity index (χ0n) is 16.0. The number of carbonyl (C=O) groups excluding carboxylic acids is 1. The van der Waals surface area contributed by atoms with Gasteiger partial charge in [0.25, 0.3) is 0 Å². The maximum absolute atomic E-state index is 12.5. The molecule has 1 amide bonds. The third-order valence-electron chi connectivity index (χ3n) is 4.40. The number of hydrogen-bond donors (Lipinski definition) is 2. The first-order valence-corrected chi connectivity index (χ1v) is 9.90. The summed E-state index contributed by atoms with van der Waals surface area (Å²) in [6, 6.07) is 14.3. The van der Waals surface area contributed by atoms with Gasteiger partial charge in [-0.25, -0.2) is 4.98 Å². The quantitative estimate of drug-likeness (QED) is 0.604. The Labute approximate surface area is 164 Å². The summed E-state index contributed by atoms with van der Waals surface area (Å²) in [6.07, 6.45) is 1.00. The van der Waals surface area contributed by atoms with E-state index < -0.39 is 0 Å². The molecule has 1 aromatic heterocycles. The standard InChI is InChI=1S/C21H24N4OS/c1-5-16-8-10-17(11-9-16)19-23-21(25-24-19)27-15(4)20(26)22-18-12-13(2)6-7-14(18)3/h6-12,15H,5H2,1-4H3,(H,22,26)(H,23,24,25)/t15-/m0/s1. The fraction of sp³-hybridized carbons (Fsp3) is 0.286. The Bertz CT molecular complexity index is 934. The molecule has 5 nitrogen and oxygen atoms in total. The average Bonchev–Trinajstić information content (AvgIpc) is 3.13. The first-order chi connectivity index (χ1) is 13.0. The molecule has 0 saturated carbocycles. The van der Waals surface area contributed by atoms with Gasteiger partial charge in [-0.15, -0.1) is 5.10 Å². The molecule has 3 rings (SSSR count). The first kappa shape index (κ1) is 19.2. The van der Waals surface area contributed by atoms with E-state index in [4.69, 9.17) is 0 Å². The number of nitrogens with zero attached hydrogens (tertiary/aromatic N) is 2. The third kappa shape index (κ3) is 4.77. The molecule has 0 fully saturated rings. The SMILES string of the molecule is CCc1ccc(-c2nc(S[C@@H](C)C(=O)Nc3cc(C)ccc3C)n[nH]2)cc1. The Balaban J connectivity index is 1.65. The van der Waals surface area contributed by atoms with Crippen LogP contribution < -0.4 is 5.32 Å². The number of nitrogens with one attached hydrogen (secondary N) is 2. The molecule has 0 aliphatic heterocycles. The molecule has 0 bridgehead atoms. The van der Waals surface area contributed by atoms with Crippen molar-refractivity contribution in [1.82, 2.24) is 15.2 Å². The van der Waals surface area contributed by atoms with Crippen molar-refractivity contribution in [1.29, 1.82) is 0 Å². The van der Waals surface area contributed by atoms with Gasteiger partial charge in [-0.1, -0.05) is 55.1 Å². The number of hydrogen-bond acceptors (Lipinski definition) is 4. The molecule has 2 aromatic carbocycles. The summed E-state index contributed by atoms with van der Waals surface area (Å²) in [5, 5.41) is 10.5. The minimum absolute atomic E-state index is 0.0626. The highest BCUT2D eigenvalue weighted by Gasteiger charge is 2.18. The zero-order chi connectivity index (χ0) is 19.4. The Morgan fingerprint density at radius 1 is 1.19 bits per heavy atom. The number of aromatic nitrogens is 3. The van der Waals surface area contributed by atoms with Crippen LogP contribution >= 0.6 is 11.8 Å². The number of thioether (sulfide) groups is 1. The van der Waals surface area contributed by atoms with Gasteiger partial charge in [0.1, 0.15) is 0 Å². The van der Waals surface area contributed by atoms with E-state index in [1.165, 1.54) is 17.3 Å². The summed E-state index contributed by atoms with van der Waals surface area (Å²) < 4.78 is 0. The molecule has 0 radical (unpaired) electrons. The van der Waals surface area contributed by atoms with Crippen molar-refractivity contribution in [3.8, 4) is 11.4 Å². The van der Waals surface area contributed by atoms with Gasteiger partial charge in [-0.05, 0) is 49.9 Å². The molecule has 2 N–H and O–H groups in total. The van der Waals surface area contributed by atoms with E-state index in [1.54, 1.807) is 0 Å². The van der Waals surface area contributed by atoms with Gasteiger partial charge in [-0.3, -0.25) is 9.89 Å². The van der Waals surface area contributed by atoms with Crippen LogP contribution in [0.1, 0.15) is 30.5 Å². The maximum Gasteiger partial charge on any atom is 0.237 e. The van der Waals surface area contributed by atoms with Gasteiger partial charge >= 0.3 is 0 Å². The lowest BCUT2D eigenvalue weighted by Crippen LogP contribution is -2.23. The zero-order valence-corrected chi connectivity index (χ0v) is 16.9. The summed E-state index contributed by atoms with van der Waals surface area (Å²) in [4.78, 5) is 17.0. The number of amides is 1. The van der Waals surface area contributed by atoms with Crippen LogP contribution in [0.2, 0.25) is 0 Å². The van der Waals surface area contributed by atoms with Crippen molar-refractivity contribution in [3.63, 3.8) is 0 Å². The number of aromatic amines is 1. The number of carbonyl (C=O) groups is 1. The van der Waals surface area contributed by atoms with Crippen molar-refractivity contribution < 1.29 is 4.79 Å². The lowest BCUT2D eigenvalue weighted by molar-refractivity contribution is -0.115. The van der Waals surface area contributed by atoms with E-state index in [9.17, 15) is 4.79 Å².